The molecule has 19 heavy (non-hydrogen) atoms. The molecule has 0 aromatic heterocycles. The fourth-order valence-corrected chi connectivity index (χ4v) is 2.45. The number of hydrogen-bond donors (Lipinski definition) is 0. The summed E-state index contributed by atoms with van der Waals surface area (Å²) >= 11 is 0. The van der Waals surface area contributed by atoms with Crippen molar-refractivity contribution in [1.29, 1.82) is 5.26 Å². The van der Waals surface area contributed by atoms with Crippen LogP contribution in [0.3, 0.4) is 0 Å². The average Bonchev–Trinajstić information content (AvgIpc) is 2.39. The lowest BCUT2D eigenvalue weighted by molar-refractivity contribution is 0.345. The van der Waals surface area contributed by atoms with Crippen LogP contribution in [0.15, 0.2) is 42.5 Å². The predicted octanol–water partition coefficient (Wildman–Crippen LogP) is 2.16. The van der Waals surface area contributed by atoms with Gasteiger partial charge in [-0.2, -0.15) is 5.26 Å². The van der Waals surface area contributed by atoms with Crippen LogP contribution in [0.4, 0.5) is 0 Å². The summed E-state index contributed by atoms with van der Waals surface area (Å²) in [6, 6.07) is 15.0. The maximum atomic E-state index is 11.4. The minimum absolute atomic E-state index is 0.0536. The zero-order chi connectivity index (χ0) is 13.7. The molecule has 0 spiro atoms. The summed E-state index contributed by atoms with van der Waals surface area (Å²) in [5.41, 5.74) is 0. The molecule has 0 fully saturated rings. The third-order valence-corrected chi connectivity index (χ3v) is 4.04. The Hall–Kier alpha value is -2.06. The molecule has 0 aliphatic rings. The SMILES string of the molecule is N#CCS(=O)(=O)CCOc1cccc2ccccc12. The second kappa shape index (κ2) is 5.72. The Kier molecular flexibility index (Phi) is 4.03. The molecule has 2 aromatic rings. The van der Waals surface area contributed by atoms with Gasteiger partial charge in [0.1, 0.15) is 18.1 Å². The monoisotopic (exact) mass is 275 g/mol. The summed E-state index contributed by atoms with van der Waals surface area (Å²) in [5, 5.41) is 10.4. The van der Waals surface area contributed by atoms with Gasteiger partial charge in [-0.25, -0.2) is 8.42 Å². The molecule has 2 rings (SSSR count). The second-order valence-corrected chi connectivity index (χ2v) is 6.26. The summed E-state index contributed by atoms with van der Waals surface area (Å²) in [4.78, 5) is 0. The van der Waals surface area contributed by atoms with Crippen molar-refractivity contribution in [2.45, 2.75) is 0 Å². The van der Waals surface area contributed by atoms with Crippen LogP contribution in [0.25, 0.3) is 10.8 Å². The van der Waals surface area contributed by atoms with E-state index in [4.69, 9.17) is 10.00 Å². The normalized spacial score (nSPS) is 11.1. The van der Waals surface area contributed by atoms with E-state index in [1.54, 1.807) is 12.1 Å². The number of hydrogen-bond acceptors (Lipinski definition) is 4. The van der Waals surface area contributed by atoms with E-state index in [9.17, 15) is 8.42 Å². The molecule has 0 saturated carbocycles. The Morgan fingerprint density at radius 2 is 1.84 bits per heavy atom. The van der Waals surface area contributed by atoms with E-state index >= 15 is 0 Å². The number of benzene rings is 2. The topological polar surface area (TPSA) is 67.2 Å². The number of nitriles is 1. The maximum Gasteiger partial charge on any atom is 0.166 e. The van der Waals surface area contributed by atoms with Gasteiger partial charge >= 0.3 is 0 Å². The minimum Gasteiger partial charge on any atom is -0.492 e. The standard InChI is InChI=1S/C14H13NO3S/c15-8-10-19(16,17)11-9-18-14-7-3-5-12-4-1-2-6-13(12)14/h1-7H,9-11H2. The molecule has 0 radical (unpaired) electrons. The molecule has 2 aromatic carbocycles. The summed E-state index contributed by atoms with van der Waals surface area (Å²) in [5.74, 6) is 0.0422. The Labute approximate surface area is 112 Å². The van der Waals surface area contributed by atoms with Crippen LogP contribution in [-0.2, 0) is 9.84 Å². The molecule has 0 amide bonds. The maximum absolute atomic E-state index is 11.4. The van der Waals surface area contributed by atoms with Gasteiger partial charge in [-0.15, -0.1) is 0 Å². The molecular formula is C14H13NO3S. The van der Waals surface area contributed by atoms with Gasteiger partial charge in [0.2, 0.25) is 0 Å². The van der Waals surface area contributed by atoms with Crippen molar-refractivity contribution >= 4 is 20.6 Å². The molecular weight excluding hydrogens is 262 g/mol. The molecule has 0 saturated heterocycles. The van der Waals surface area contributed by atoms with Crippen LogP contribution in [0, 0.1) is 11.3 Å². The predicted molar refractivity (Wildman–Crippen MR) is 73.7 cm³/mol. The largest absolute Gasteiger partial charge is 0.492 e. The Morgan fingerprint density at radius 1 is 1.11 bits per heavy atom. The molecule has 0 N–H and O–H groups in total. The smallest absolute Gasteiger partial charge is 0.166 e. The highest BCUT2D eigenvalue weighted by molar-refractivity contribution is 7.91. The van der Waals surface area contributed by atoms with Crippen molar-refractivity contribution in [3.63, 3.8) is 0 Å². The zero-order valence-corrected chi connectivity index (χ0v) is 11.1. The van der Waals surface area contributed by atoms with Gasteiger partial charge in [-0.3, -0.25) is 0 Å². The molecule has 5 heteroatoms. The van der Waals surface area contributed by atoms with E-state index in [0.717, 1.165) is 10.8 Å². The van der Waals surface area contributed by atoms with Crippen molar-refractivity contribution in [3.8, 4) is 11.8 Å². The van der Waals surface area contributed by atoms with E-state index in [1.165, 1.54) is 0 Å². The number of sulfone groups is 1. The van der Waals surface area contributed by atoms with E-state index in [0.29, 0.717) is 5.75 Å². The van der Waals surface area contributed by atoms with Crippen LogP contribution < -0.4 is 4.74 Å². The molecule has 0 aliphatic heterocycles. The van der Waals surface area contributed by atoms with Crippen molar-refractivity contribution < 1.29 is 13.2 Å². The highest BCUT2D eigenvalue weighted by Gasteiger charge is 2.10. The molecule has 98 valence electrons. The van der Waals surface area contributed by atoms with Crippen LogP contribution in [0.2, 0.25) is 0 Å². The van der Waals surface area contributed by atoms with Gasteiger partial charge < -0.3 is 4.74 Å². The first-order chi connectivity index (χ1) is 9.12. The molecule has 0 unspecified atom stereocenters. The average molecular weight is 275 g/mol. The minimum atomic E-state index is -3.34. The highest BCUT2D eigenvalue weighted by atomic mass is 32.2. The Bertz CT molecular complexity index is 712. The summed E-state index contributed by atoms with van der Waals surface area (Å²) < 4.78 is 28.3. The van der Waals surface area contributed by atoms with Gasteiger partial charge in [0.25, 0.3) is 0 Å². The van der Waals surface area contributed by atoms with Crippen LogP contribution in [0.1, 0.15) is 0 Å². The first kappa shape index (κ1) is 13.4. The first-order valence-electron chi connectivity index (χ1n) is 5.80. The Balaban J connectivity index is 2.09. The Morgan fingerprint density at radius 3 is 2.63 bits per heavy atom. The fraction of sp³-hybridized carbons (Fsp3) is 0.214. The van der Waals surface area contributed by atoms with Crippen LogP contribution >= 0.6 is 0 Å². The third-order valence-electron chi connectivity index (χ3n) is 2.69. The molecule has 0 aliphatic carbocycles. The number of ether oxygens (including phenoxy) is 1. The molecule has 0 heterocycles. The van der Waals surface area contributed by atoms with Crippen LogP contribution in [0.5, 0.6) is 5.75 Å². The summed E-state index contributed by atoms with van der Waals surface area (Å²) in [7, 11) is -3.34. The van der Waals surface area contributed by atoms with Gasteiger partial charge in [0.05, 0.1) is 11.8 Å². The van der Waals surface area contributed by atoms with E-state index < -0.39 is 15.6 Å². The fourth-order valence-electron chi connectivity index (χ4n) is 1.77. The number of rotatable bonds is 5. The van der Waals surface area contributed by atoms with Crippen molar-refractivity contribution in [3.05, 3.63) is 42.5 Å². The van der Waals surface area contributed by atoms with Gasteiger partial charge in [0.15, 0.2) is 9.84 Å². The molecule has 4 nitrogen and oxygen atoms in total. The second-order valence-electron chi connectivity index (χ2n) is 4.08. The molecule has 0 atom stereocenters. The van der Waals surface area contributed by atoms with Crippen molar-refractivity contribution in [2.75, 3.05) is 18.1 Å². The van der Waals surface area contributed by atoms with Crippen molar-refractivity contribution in [2.24, 2.45) is 0 Å². The first-order valence-corrected chi connectivity index (χ1v) is 7.62. The van der Waals surface area contributed by atoms with Gasteiger partial charge in [-0.1, -0.05) is 36.4 Å². The lowest BCUT2D eigenvalue weighted by Gasteiger charge is -2.08. The lowest BCUT2D eigenvalue weighted by Crippen LogP contribution is -2.16. The number of fused-ring (bicyclic) bond motifs is 1. The summed E-state index contributed by atoms with van der Waals surface area (Å²) in [6.45, 7) is 0.0536. The lowest BCUT2D eigenvalue weighted by atomic mass is 10.1. The quantitative estimate of drug-likeness (QED) is 0.838. The zero-order valence-electron chi connectivity index (χ0n) is 10.2. The van der Waals surface area contributed by atoms with Gasteiger partial charge in [-0.05, 0) is 11.5 Å². The van der Waals surface area contributed by atoms with E-state index in [2.05, 4.69) is 0 Å². The number of nitrogens with zero attached hydrogens (tertiary/aromatic N) is 1. The van der Waals surface area contributed by atoms with E-state index in [1.807, 2.05) is 36.4 Å². The third kappa shape index (κ3) is 3.46. The van der Waals surface area contributed by atoms with Crippen LogP contribution in [-0.4, -0.2) is 26.5 Å². The van der Waals surface area contributed by atoms with Crippen molar-refractivity contribution in [1.82, 2.24) is 0 Å². The van der Waals surface area contributed by atoms with Gasteiger partial charge in [0, 0.05) is 5.39 Å². The molecule has 0 bridgehead atoms. The highest BCUT2D eigenvalue weighted by Crippen LogP contribution is 2.24. The van der Waals surface area contributed by atoms with E-state index in [-0.39, 0.29) is 12.4 Å². The summed E-state index contributed by atoms with van der Waals surface area (Å²) in [6.07, 6.45) is 0.